The summed E-state index contributed by atoms with van der Waals surface area (Å²) in [7, 11) is 1.83. The second kappa shape index (κ2) is 5.00. The van der Waals surface area contributed by atoms with E-state index in [1.807, 2.05) is 24.9 Å². The molecule has 1 aromatic rings. The maximum absolute atomic E-state index is 11.6. The summed E-state index contributed by atoms with van der Waals surface area (Å²) in [4.78, 5) is 24.1. The van der Waals surface area contributed by atoms with Gasteiger partial charge >= 0.3 is 0 Å². The van der Waals surface area contributed by atoms with Gasteiger partial charge < -0.3 is 9.80 Å². The highest BCUT2D eigenvalue weighted by Gasteiger charge is 2.22. The second-order valence-electron chi connectivity index (χ2n) is 4.06. The Morgan fingerprint density at radius 3 is 2.82 bits per heavy atom. The van der Waals surface area contributed by atoms with Gasteiger partial charge in [-0.2, -0.15) is 0 Å². The molecule has 1 aliphatic rings. The van der Waals surface area contributed by atoms with Gasteiger partial charge in [-0.1, -0.05) is 6.92 Å². The van der Waals surface area contributed by atoms with E-state index in [0.717, 1.165) is 35.8 Å². The molecular formula is C11H15BrN4O. The van der Waals surface area contributed by atoms with Crippen LogP contribution in [0.2, 0.25) is 0 Å². The number of piperazine rings is 1. The highest BCUT2D eigenvalue weighted by Crippen LogP contribution is 2.18. The van der Waals surface area contributed by atoms with Crippen molar-refractivity contribution < 1.29 is 4.79 Å². The van der Waals surface area contributed by atoms with Crippen molar-refractivity contribution in [3.8, 4) is 0 Å². The third-order valence-corrected chi connectivity index (χ3v) is 3.23. The summed E-state index contributed by atoms with van der Waals surface area (Å²) >= 11 is 3.37. The topological polar surface area (TPSA) is 49.3 Å². The molecule has 5 nitrogen and oxygen atoms in total. The van der Waals surface area contributed by atoms with Crippen molar-refractivity contribution in [3.05, 3.63) is 16.5 Å². The molecule has 92 valence electrons. The van der Waals surface area contributed by atoms with Gasteiger partial charge in [0.25, 0.3) is 0 Å². The lowest BCUT2D eigenvalue weighted by Gasteiger charge is -2.32. The van der Waals surface area contributed by atoms with Crippen molar-refractivity contribution in [3.63, 3.8) is 0 Å². The van der Waals surface area contributed by atoms with Crippen LogP contribution < -0.4 is 4.90 Å². The van der Waals surface area contributed by atoms with Crippen molar-refractivity contribution in [2.45, 2.75) is 13.3 Å². The van der Waals surface area contributed by atoms with Gasteiger partial charge in [0.15, 0.2) is 0 Å². The third kappa shape index (κ3) is 2.74. The summed E-state index contributed by atoms with van der Waals surface area (Å²) < 4.78 is 0.769. The average Bonchev–Trinajstić information content (AvgIpc) is 2.32. The first-order valence-corrected chi connectivity index (χ1v) is 6.42. The quantitative estimate of drug-likeness (QED) is 0.767. The van der Waals surface area contributed by atoms with Gasteiger partial charge in [0.2, 0.25) is 5.91 Å². The van der Waals surface area contributed by atoms with E-state index in [1.165, 1.54) is 0 Å². The van der Waals surface area contributed by atoms with Crippen LogP contribution in [0.15, 0.2) is 10.7 Å². The number of carbonyl (C=O) groups excluding carboxylic acids is 1. The molecule has 0 N–H and O–H groups in total. The van der Waals surface area contributed by atoms with Crippen molar-refractivity contribution in [1.29, 1.82) is 0 Å². The minimum absolute atomic E-state index is 0.129. The van der Waals surface area contributed by atoms with Crippen LogP contribution in [-0.4, -0.2) is 47.5 Å². The van der Waals surface area contributed by atoms with E-state index in [9.17, 15) is 4.79 Å². The molecule has 17 heavy (non-hydrogen) atoms. The first kappa shape index (κ1) is 12.3. The Hall–Kier alpha value is -1.17. The SMILES string of the molecule is CCc1nc(Br)cc(N2CCN(C)C(=O)C2)n1. The van der Waals surface area contributed by atoms with E-state index in [4.69, 9.17) is 0 Å². The smallest absolute Gasteiger partial charge is 0.241 e. The van der Waals surface area contributed by atoms with E-state index >= 15 is 0 Å². The Morgan fingerprint density at radius 1 is 1.41 bits per heavy atom. The van der Waals surface area contributed by atoms with Gasteiger partial charge in [0.05, 0.1) is 6.54 Å². The number of nitrogens with zero attached hydrogens (tertiary/aromatic N) is 4. The van der Waals surface area contributed by atoms with E-state index in [2.05, 4.69) is 25.9 Å². The Balaban J connectivity index is 2.22. The largest absolute Gasteiger partial charge is 0.345 e. The van der Waals surface area contributed by atoms with Crippen LogP contribution in [0.25, 0.3) is 0 Å². The molecule has 1 aliphatic heterocycles. The van der Waals surface area contributed by atoms with E-state index in [0.29, 0.717) is 6.54 Å². The molecule has 2 rings (SSSR count). The average molecular weight is 299 g/mol. The van der Waals surface area contributed by atoms with Gasteiger partial charge in [0, 0.05) is 32.6 Å². The number of aromatic nitrogens is 2. The maximum Gasteiger partial charge on any atom is 0.241 e. The van der Waals surface area contributed by atoms with E-state index in [1.54, 1.807) is 4.90 Å². The Labute approximate surface area is 109 Å². The number of rotatable bonds is 2. The number of hydrogen-bond donors (Lipinski definition) is 0. The molecule has 0 aromatic carbocycles. The molecule has 0 saturated carbocycles. The second-order valence-corrected chi connectivity index (χ2v) is 4.87. The fraction of sp³-hybridized carbons (Fsp3) is 0.545. The van der Waals surface area contributed by atoms with Gasteiger partial charge in [-0.25, -0.2) is 9.97 Å². The summed E-state index contributed by atoms with van der Waals surface area (Å²) in [6, 6.07) is 1.86. The maximum atomic E-state index is 11.6. The number of amides is 1. The van der Waals surface area contributed by atoms with Gasteiger partial charge in [-0.3, -0.25) is 4.79 Å². The normalized spacial score (nSPS) is 16.5. The Morgan fingerprint density at radius 2 is 2.18 bits per heavy atom. The molecule has 0 bridgehead atoms. The standard InChI is InChI=1S/C11H15BrN4O/c1-3-9-13-8(12)6-10(14-9)16-5-4-15(2)11(17)7-16/h6H,3-5,7H2,1-2H3. The first-order chi connectivity index (χ1) is 8.10. The molecule has 1 fully saturated rings. The first-order valence-electron chi connectivity index (χ1n) is 5.62. The van der Waals surface area contributed by atoms with E-state index < -0.39 is 0 Å². The monoisotopic (exact) mass is 298 g/mol. The summed E-state index contributed by atoms with van der Waals surface area (Å²) in [5.41, 5.74) is 0. The summed E-state index contributed by atoms with van der Waals surface area (Å²) in [5.74, 6) is 1.75. The molecule has 0 unspecified atom stereocenters. The van der Waals surface area contributed by atoms with Gasteiger partial charge in [0.1, 0.15) is 16.2 Å². The molecule has 0 spiro atoms. The molecular weight excluding hydrogens is 284 g/mol. The van der Waals surface area contributed by atoms with Crippen molar-refractivity contribution in [2.75, 3.05) is 31.6 Å². The van der Waals surface area contributed by atoms with Gasteiger partial charge in [-0.05, 0) is 15.9 Å². The lowest BCUT2D eigenvalue weighted by Crippen LogP contribution is -2.48. The number of halogens is 1. The predicted molar refractivity (Wildman–Crippen MR) is 69.0 cm³/mol. The number of hydrogen-bond acceptors (Lipinski definition) is 4. The van der Waals surface area contributed by atoms with Crippen LogP contribution in [0.1, 0.15) is 12.7 Å². The number of anilines is 1. The lowest BCUT2D eigenvalue weighted by atomic mass is 10.3. The highest BCUT2D eigenvalue weighted by atomic mass is 79.9. The number of carbonyl (C=O) groups is 1. The van der Waals surface area contributed by atoms with Crippen LogP contribution in [-0.2, 0) is 11.2 Å². The van der Waals surface area contributed by atoms with E-state index in [-0.39, 0.29) is 5.91 Å². The summed E-state index contributed by atoms with van der Waals surface area (Å²) in [5, 5.41) is 0. The zero-order valence-electron chi connectivity index (χ0n) is 9.98. The molecule has 6 heteroatoms. The zero-order valence-corrected chi connectivity index (χ0v) is 11.6. The number of aryl methyl sites for hydroxylation is 1. The van der Waals surface area contributed by atoms with Gasteiger partial charge in [-0.15, -0.1) is 0 Å². The molecule has 0 radical (unpaired) electrons. The van der Waals surface area contributed by atoms with Crippen LogP contribution in [0, 0.1) is 0 Å². The fourth-order valence-corrected chi connectivity index (χ4v) is 2.14. The fourth-order valence-electron chi connectivity index (χ4n) is 1.73. The number of likely N-dealkylation sites (N-methyl/N-ethyl adjacent to an activating group) is 1. The van der Waals surface area contributed by atoms with Crippen LogP contribution in [0.5, 0.6) is 0 Å². The minimum Gasteiger partial charge on any atom is -0.345 e. The molecule has 1 amide bonds. The van der Waals surface area contributed by atoms with Crippen molar-refractivity contribution in [1.82, 2.24) is 14.9 Å². The lowest BCUT2D eigenvalue weighted by molar-refractivity contribution is -0.129. The molecule has 2 heterocycles. The summed E-state index contributed by atoms with van der Waals surface area (Å²) in [6.45, 7) is 3.96. The molecule has 0 aliphatic carbocycles. The Bertz CT molecular complexity index is 437. The third-order valence-electron chi connectivity index (χ3n) is 2.83. The Kier molecular flexibility index (Phi) is 3.61. The van der Waals surface area contributed by atoms with Crippen molar-refractivity contribution >= 4 is 27.7 Å². The molecule has 1 aromatic heterocycles. The minimum atomic E-state index is 0.129. The van der Waals surface area contributed by atoms with Crippen molar-refractivity contribution in [2.24, 2.45) is 0 Å². The highest BCUT2D eigenvalue weighted by molar-refractivity contribution is 9.10. The van der Waals surface area contributed by atoms with Crippen LogP contribution >= 0.6 is 15.9 Å². The van der Waals surface area contributed by atoms with Crippen LogP contribution in [0.3, 0.4) is 0 Å². The van der Waals surface area contributed by atoms with Crippen LogP contribution in [0.4, 0.5) is 5.82 Å². The zero-order chi connectivity index (χ0) is 12.4. The molecule has 1 saturated heterocycles. The summed E-state index contributed by atoms with van der Waals surface area (Å²) in [6.07, 6.45) is 0.786. The molecule has 0 atom stereocenters. The predicted octanol–water partition coefficient (Wildman–Crippen LogP) is 1.08.